The van der Waals surface area contributed by atoms with Gasteiger partial charge in [-0.25, -0.2) is 0 Å². The smallest absolute Gasteiger partial charge is 0.122 e. The SMILES string of the molecule is CCCCN(C)Cc1ccnc(C(N)=S)c1. The highest BCUT2D eigenvalue weighted by atomic mass is 32.1. The van der Waals surface area contributed by atoms with Gasteiger partial charge in [0.25, 0.3) is 0 Å². The van der Waals surface area contributed by atoms with Gasteiger partial charge in [-0.1, -0.05) is 25.6 Å². The largest absolute Gasteiger partial charge is 0.388 e. The fourth-order valence-corrected chi connectivity index (χ4v) is 1.64. The summed E-state index contributed by atoms with van der Waals surface area (Å²) >= 11 is 4.91. The molecule has 0 atom stereocenters. The van der Waals surface area contributed by atoms with Crippen molar-refractivity contribution in [3.63, 3.8) is 0 Å². The van der Waals surface area contributed by atoms with Crippen molar-refractivity contribution in [2.75, 3.05) is 13.6 Å². The van der Waals surface area contributed by atoms with E-state index in [9.17, 15) is 0 Å². The van der Waals surface area contributed by atoms with Crippen LogP contribution in [0.15, 0.2) is 18.3 Å². The average molecular weight is 237 g/mol. The molecule has 2 N–H and O–H groups in total. The predicted molar refractivity (Wildman–Crippen MR) is 71.4 cm³/mol. The molecule has 0 bridgehead atoms. The standard InChI is InChI=1S/C12H19N3S/c1-3-4-7-15(2)9-10-5-6-14-11(8-10)12(13)16/h5-6,8H,3-4,7,9H2,1-2H3,(H2,13,16). The minimum absolute atomic E-state index is 0.359. The highest BCUT2D eigenvalue weighted by molar-refractivity contribution is 7.80. The Bertz CT molecular complexity index is 352. The molecule has 0 aliphatic carbocycles. The molecule has 0 amide bonds. The summed E-state index contributed by atoms with van der Waals surface area (Å²) in [5.41, 5.74) is 7.46. The van der Waals surface area contributed by atoms with E-state index in [-0.39, 0.29) is 0 Å². The van der Waals surface area contributed by atoms with Crippen LogP contribution in [0.2, 0.25) is 0 Å². The highest BCUT2D eigenvalue weighted by Gasteiger charge is 2.03. The zero-order valence-corrected chi connectivity index (χ0v) is 10.8. The molecule has 0 saturated heterocycles. The maximum atomic E-state index is 5.55. The van der Waals surface area contributed by atoms with Crippen molar-refractivity contribution in [2.24, 2.45) is 5.73 Å². The van der Waals surface area contributed by atoms with Crippen LogP contribution < -0.4 is 5.73 Å². The number of thiocarbonyl (C=S) groups is 1. The Morgan fingerprint density at radius 2 is 2.31 bits per heavy atom. The van der Waals surface area contributed by atoms with Crippen LogP contribution in [-0.4, -0.2) is 28.5 Å². The van der Waals surface area contributed by atoms with E-state index in [0.717, 1.165) is 13.1 Å². The number of nitrogens with zero attached hydrogens (tertiary/aromatic N) is 2. The van der Waals surface area contributed by atoms with Gasteiger partial charge in [0.15, 0.2) is 0 Å². The van der Waals surface area contributed by atoms with Gasteiger partial charge >= 0.3 is 0 Å². The van der Waals surface area contributed by atoms with Gasteiger partial charge in [0.05, 0.1) is 5.69 Å². The van der Waals surface area contributed by atoms with E-state index in [1.807, 2.05) is 12.1 Å². The number of aromatic nitrogens is 1. The van der Waals surface area contributed by atoms with Crippen LogP contribution in [0.1, 0.15) is 31.0 Å². The number of rotatable bonds is 6. The van der Waals surface area contributed by atoms with Crippen LogP contribution in [0.4, 0.5) is 0 Å². The van der Waals surface area contributed by atoms with Crippen molar-refractivity contribution >= 4 is 17.2 Å². The van der Waals surface area contributed by atoms with Crippen molar-refractivity contribution in [1.82, 2.24) is 9.88 Å². The molecule has 3 nitrogen and oxygen atoms in total. The summed E-state index contributed by atoms with van der Waals surface area (Å²) in [5.74, 6) is 0. The molecule has 0 saturated carbocycles. The monoisotopic (exact) mass is 237 g/mol. The molecule has 0 aliphatic heterocycles. The third-order valence-electron chi connectivity index (χ3n) is 2.42. The van der Waals surface area contributed by atoms with Crippen LogP contribution in [-0.2, 0) is 6.54 Å². The molecule has 0 aliphatic rings. The Hall–Kier alpha value is -1.00. The number of hydrogen-bond acceptors (Lipinski definition) is 3. The Balaban J connectivity index is 2.59. The number of pyridine rings is 1. The summed E-state index contributed by atoms with van der Waals surface area (Å²) < 4.78 is 0. The van der Waals surface area contributed by atoms with Crippen LogP contribution in [0.5, 0.6) is 0 Å². The Morgan fingerprint density at radius 3 is 2.94 bits per heavy atom. The van der Waals surface area contributed by atoms with Gasteiger partial charge in [-0.05, 0) is 37.7 Å². The first kappa shape index (κ1) is 13.1. The normalized spacial score (nSPS) is 10.7. The number of nitrogens with two attached hydrogens (primary N) is 1. The topological polar surface area (TPSA) is 42.2 Å². The van der Waals surface area contributed by atoms with Crippen molar-refractivity contribution in [1.29, 1.82) is 0 Å². The lowest BCUT2D eigenvalue weighted by Gasteiger charge is -2.16. The Morgan fingerprint density at radius 1 is 1.56 bits per heavy atom. The van der Waals surface area contributed by atoms with Crippen molar-refractivity contribution in [2.45, 2.75) is 26.3 Å². The summed E-state index contributed by atoms with van der Waals surface area (Å²) in [6.07, 6.45) is 4.21. The molecule has 1 rings (SSSR count). The number of hydrogen-bond donors (Lipinski definition) is 1. The lowest BCUT2D eigenvalue weighted by Crippen LogP contribution is -2.19. The molecule has 16 heavy (non-hydrogen) atoms. The molecule has 1 heterocycles. The summed E-state index contributed by atoms with van der Waals surface area (Å²) in [6.45, 7) is 4.23. The fourth-order valence-electron chi connectivity index (χ4n) is 1.53. The van der Waals surface area contributed by atoms with Gasteiger partial charge in [-0.15, -0.1) is 0 Å². The van der Waals surface area contributed by atoms with Crippen LogP contribution in [0.25, 0.3) is 0 Å². The van der Waals surface area contributed by atoms with Gasteiger partial charge in [0, 0.05) is 12.7 Å². The lowest BCUT2D eigenvalue weighted by molar-refractivity contribution is 0.320. The molecule has 0 spiro atoms. The van der Waals surface area contributed by atoms with E-state index >= 15 is 0 Å². The minimum Gasteiger partial charge on any atom is -0.388 e. The summed E-state index contributed by atoms with van der Waals surface area (Å²) in [6, 6.07) is 3.97. The first-order valence-corrected chi connectivity index (χ1v) is 5.97. The Kier molecular flexibility index (Phi) is 5.35. The summed E-state index contributed by atoms with van der Waals surface area (Å²) in [7, 11) is 2.12. The summed E-state index contributed by atoms with van der Waals surface area (Å²) in [4.78, 5) is 6.78. The second-order valence-electron chi connectivity index (χ2n) is 4.00. The van der Waals surface area contributed by atoms with Gasteiger partial charge in [0.2, 0.25) is 0 Å². The molecule has 4 heteroatoms. The quantitative estimate of drug-likeness (QED) is 0.768. The van der Waals surface area contributed by atoms with Gasteiger partial charge in [-0.3, -0.25) is 4.98 Å². The summed E-state index contributed by atoms with van der Waals surface area (Å²) in [5, 5.41) is 0. The maximum Gasteiger partial charge on any atom is 0.122 e. The second kappa shape index (κ2) is 6.55. The number of unbranched alkanes of at least 4 members (excludes halogenated alkanes) is 1. The van der Waals surface area contributed by atoms with Gasteiger partial charge in [-0.2, -0.15) is 0 Å². The van der Waals surface area contributed by atoms with Crippen molar-refractivity contribution in [3.8, 4) is 0 Å². The van der Waals surface area contributed by atoms with Crippen molar-refractivity contribution < 1.29 is 0 Å². The van der Waals surface area contributed by atoms with Crippen LogP contribution in [0, 0.1) is 0 Å². The highest BCUT2D eigenvalue weighted by Crippen LogP contribution is 2.05. The van der Waals surface area contributed by atoms with Crippen molar-refractivity contribution in [3.05, 3.63) is 29.6 Å². The zero-order valence-electron chi connectivity index (χ0n) is 9.94. The van der Waals surface area contributed by atoms with Crippen LogP contribution in [0.3, 0.4) is 0 Å². The van der Waals surface area contributed by atoms with Gasteiger partial charge in [0.1, 0.15) is 4.99 Å². The molecular formula is C12H19N3S. The first-order chi connectivity index (χ1) is 7.63. The molecule has 88 valence electrons. The van der Waals surface area contributed by atoms with E-state index in [0.29, 0.717) is 10.7 Å². The lowest BCUT2D eigenvalue weighted by atomic mass is 10.2. The molecule has 1 aromatic rings. The first-order valence-electron chi connectivity index (χ1n) is 5.56. The second-order valence-corrected chi connectivity index (χ2v) is 4.44. The fraction of sp³-hybridized carbons (Fsp3) is 0.500. The van der Waals surface area contributed by atoms with E-state index in [1.165, 1.54) is 18.4 Å². The molecular weight excluding hydrogens is 218 g/mol. The maximum absolute atomic E-state index is 5.55. The average Bonchev–Trinajstić information content (AvgIpc) is 2.26. The molecule has 0 radical (unpaired) electrons. The molecule has 0 aromatic carbocycles. The molecule has 0 unspecified atom stereocenters. The third kappa shape index (κ3) is 4.24. The molecule has 0 fully saturated rings. The van der Waals surface area contributed by atoms with Gasteiger partial charge < -0.3 is 10.6 Å². The third-order valence-corrected chi connectivity index (χ3v) is 2.63. The zero-order chi connectivity index (χ0) is 12.0. The molecule has 1 aromatic heterocycles. The van der Waals surface area contributed by atoms with E-state index in [1.54, 1.807) is 6.20 Å². The van der Waals surface area contributed by atoms with E-state index in [2.05, 4.69) is 23.9 Å². The Labute approximate surface area is 103 Å². The minimum atomic E-state index is 0.359. The van der Waals surface area contributed by atoms with Crippen LogP contribution >= 0.6 is 12.2 Å². The van der Waals surface area contributed by atoms with E-state index in [4.69, 9.17) is 18.0 Å². The van der Waals surface area contributed by atoms with E-state index < -0.39 is 0 Å². The predicted octanol–water partition coefficient (Wildman–Crippen LogP) is 1.95.